The van der Waals surface area contributed by atoms with E-state index < -0.39 is 5.60 Å². The molecule has 3 nitrogen and oxygen atoms in total. The lowest BCUT2D eigenvalue weighted by atomic mass is 9.82. The first-order valence-corrected chi connectivity index (χ1v) is 8.09. The third-order valence-electron chi connectivity index (χ3n) is 5.14. The molecule has 0 radical (unpaired) electrons. The van der Waals surface area contributed by atoms with Gasteiger partial charge in [0, 0.05) is 25.0 Å². The number of hydrogen-bond donors (Lipinski definition) is 1. The van der Waals surface area contributed by atoms with E-state index in [1.54, 1.807) is 0 Å². The zero-order valence-electron chi connectivity index (χ0n) is 12.5. The molecule has 2 aliphatic rings. The lowest BCUT2D eigenvalue weighted by Crippen LogP contribution is -2.50. The molecule has 1 aromatic carbocycles. The van der Waals surface area contributed by atoms with Gasteiger partial charge in [-0.1, -0.05) is 30.3 Å². The molecule has 0 spiro atoms. The Kier molecular flexibility index (Phi) is 4.28. The van der Waals surface area contributed by atoms with Gasteiger partial charge in [0.2, 0.25) is 0 Å². The maximum absolute atomic E-state index is 10.8. The van der Waals surface area contributed by atoms with Gasteiger partial charge in [-0.3, -0.25) is 4.90 Å². The normalized spacial score (nSPS) is 32.0. The second-order valence-corrected chi connectivity index (χ2v) is 6.69. The van der Waals surface area contributed by atoms with Gasteiger partial charge in [-0.25, -0.2) is 0 Å². The maximum atomic E-state index is 10.8. The van der Waals surface area contributed by atoms with Crippen LogP contribution in [0.15, 0.2) is 30.3 Å². The van der Waals surface area contributed by atoms with Gasteiger partial charge in [0.1, 0.15) is 0 Å². The number of nitriles is 1. The van der Waals surface area contributed by atoms with Gasteiger partial charge in [-0.2, -0.15) is 5.26 Å². The van der Waals surface area contributed by atoms with Crippen LogP contribution in [0.3, 0.4) is 0 Å². The summed E-state index contributed by atoms with van der Waals surface area (Å²) in [6, 6.07) is 13.8. The molecule has 0 aromatic heterocycles. The predicted octanol–water partition coefficient (Wildman–Crippen LogP) is 3.24. The monoisotopic (exact) mass is 284 g/mol. The van der Waals surface area contributed by atoms with Crippen LogP contribution in [0.2, 0.25) is 0 Å². The van der Waals surface area contributed by atoms with E-state index in [2.05, 4.69) is 41.3 Å². The molecule has 0 amide bonds. The molecule has 112 valence electrons. The number of rotatable bonds is 5. The summed E-state index contributed by atoms with van der Waals surface area (Å²) in [5.41, 5.74) is 0.833. The number of piperidine rings is 1. The van der Waals surface area contributed by atoms with Crippen LogP contribution in [0.25, 0.3) is 0 Å². The van der Waals surface area contributed by atoms with E-state index in [1.807, 2.05) is 0 Å². The number of nitrogens with zero attached hydrogens (tertiary/aromatic N) is 2. The molecule has 2 bridgehead atoms. The van der Waals surface area contributed by atoms with E-state index >= 15 is 0 Å². The quantitative estimate of drug-likeness (QED) is 0.844. The van der Waals surface area contributed by atoms with Crippen LogP contribution in [0.4, 0.5) is 0 Å². The topological polar surface area (TPSA) is 47.3 Å². The average molecular weight is 284 g/mol. The first-order valence-electron chi connectivity index (χ1n) is 8.09. The Bertz CT molecular complexity index is 494. The molecule has 2 unspecified atom stereocenters. The Hall–Kier alpha value is -1.37. The molecule has 21 heavy (non-hydrogen) atoms. The van der Waals surface area contributed by atoms with Crippen molar-refractivity contribution in [3.63, 3.8) is 0 Å². The summed E-state index contributed by atoms with van der Waals surface area (Å²) in [7, 11) is 0. The Morgan fingerprint density at radius 1 is 1.19 bits per heavy atom. The van der Waals surface area contributed by atoms with Gasteiger partial charge < -0.3 is 5.11 Å². The Balaban J connectivity index is 1.63. The Morgan fingerprint density at radius 2 is 1.86 bits per heavy atom. The van der Waals surface area contributed by atoms with Gasteiger partial charge in [-0.05, 0) is 44.1 Å². The minimum atomic E-state index is -0.532. The molecule has 0 saturated carbocycles. The van der Waals surface area contributed by atoms with Crippen molar-refractivity contribution in [1.82, 2.24) is 4.90 Å². The highest BCUT2D eigenvalue weighted by Gasteiger charge is 2.46. The maximum Gasteiger partial charge on any atom is 0.0678 e. The highest BCUT2D eigenvalue weighted by molar-refractivity contribution is 5.16. The molecule has 0 aliphatic carbocycles. The number of unbranched alkanes of at least 4 members (excludes halogenated alkanes) is 1. The van der Waals surface area contributed by atoms with Crippen molar-refractivity contribution in [3.05, 3.63) is 35.9 Å². The number of fused-ring (bicyclic) bond motifs is 2. The molecule has 2 heterocycles. The highest BCUT2D eigenvalue weighted by atomic mass is 16.3. The van der Waals surface area contributed by atoms with Crippen molar-refractivity contribution in [2.24, 2.45) is 0 Å². The van der Waals surface area contributed by atoms with Gasteiger partial charge in [-0.15, -0.1) is 0 Å². The van der Waals surface area contributed by atoms with Crippen LogP contribution in [-0.2, 0) is 6.54 Å². The smallest absolute Gasteiger partial charge is 0.0678 e. The summed E-state index contributed by atoms with van der Waals surface area (Å²) in [6.45, 7) is 1.00. The number of benzene rings is 1. The highest BCUT2D eigenvalue weighted by Crippen LogP contribution is 2.43. The van der Waals surface area contributed by atoms with Crippen LogP contribution in [0, 0.1) is 11.3 Å². The second kappa shape index (κ2) is 6.17. The number of hydrogen-bond acceptors (Lipinski definition) is 3. The molecule has 3 rings (SSSR count). The standard InChI is InChI=1S/C18H24N2O/c19-11-5-4-10-18(21)12-16-8-9-17(13-18)20(16)14-15-6-2-1-3-7-15/h1-3,6-7,16-17,21H,4-5,8-10,12-14H2. The summed E-state index contributed by atoms with van der Waals surface area (Å²) in [5.74, 6) is 0. The SMILES string of the molecule is N#CCCCC1(O)CC2CCC(C1)N2Cc1ccccc1. The Labute approximate surface area is 127 Å². The molecule has 1 N–H and O–H groups in total. The molecule has 2 fully saturated rings. The summed E-state index contributed by atoms with van der Waals surface area (Å²) < 4.78 is 0. The molecule has 2 aliphatic heterocycles. The van der Waals surface area contributed by atoms with Crippen LogP contribution in [0.1, 0.15) is 50.5 Å². The average Bonchev–Trinajstić information content (AvgIpc) is 2.73. The van der Waals surface area contributed by atoms with Crippen LogP contribution < -0.4 is 0 Å². The minimum absolute atomic E-state index is 0.510. The molecular weight excluding hydrogens is 260 g/mol. The van der Waals surface area contributed by atoms with E-state index in [0.29, 0.717) is 18.5 Å². The first-order chi connectivity index (χ1) is 10.2. The van der Waals surface area contributed by atoms with Crippen molar-refractivity contribution in [3.8, 4) is 6.07 Å². The largest absolute Gasteiger partial charge is 0.390 e. The van der Waals surface area contributed by atoms with Crippen LogP contribution in [-0.4, -0.2) is 27.7 Å². The summed E-state index contributed by atoms with van der Waals surface area (Å²) in [5, 5.41) is 19.5. The summed E-state index contributed by atoms with van der Waals surface area (Å²) in [4.78, 5) is 2.59. The fourth-order valence-electron chi connectivity index (χ4n) is 4.17. The summed E-state index contributed by atoms with van der Waals surface area (Å²) >= 11 is 0. The van der Waals surface area contributed by atoms with E-state index in [-0.39, 0.29) is 0 Å². The van der Waals surface area contributed by atoms with E-state index in [9.17, 15) is 5.11 Å². The van der Waals surface area contributed by atoms with Crippen molar-refractivity contribution in [1.29, 1.82) is 5.26 Å². The van der Waals surface area contributed by atoms with Crippen LogP contribution >= 0.6 is 0 Å². The number of aliphatic hydroxyl groups is 1. The van der Waals surface area contributed by atoms with E-state index in [4.69, 9.17) is 5.26 Å². The zero-order valence-corrected chi connectivity index (χ0v) is 12.5. The first kappa shape index (κ1) is 14.6. The van der Waals surface area contributed by atoms with Gasteiger partial charge in [0.05, 0.1) is 11.7 Å². The second-order valence-electron chi connectivity index (χ2n) is 6.69. The molecule has 3 heteroatoms. The summed E-state index contributed by atoms with van der Waals surface area (Å²) in [6.07, 6.45) is 6.34. The lowest BCUT2D eigenvalue weighted by molar-refractivity contribution is -0.0605. The zero-order chi connectivity index (χ0) is 14.7. The van der Waals surface area contributed by atoms with Crippen molar-refractivity contribution < 1.29 is 5.11 Å². The fourth-order valence-corrected chi connectivity index (χ4v) is 4.17. The Morgan fingerprint density at radius 3 is 2.48 bits per heavy atom. The third-order valence-corrected chi connectivity index (χ3v) is 5.14. The lowest BCUT2D eigenvalue weighted by Gasteiger charge is -2.44. The van der Waals surface area contributed by atoms with Crippen molar-refractivity contribution in [2.75, 3.05) is 0 Å². The van der Waals surface area contributed by atoms with Crippen LogP contribution in [0.5, 0.6) is 0 Å². The van der Waals surface area contributed by atoms with Crippen molar-refractivity contribution >= 4 is 0 Å². The molecular formula is C18H24N2O. The van der Waals surface area contributed by atoms with E-state index in [1.165, 1.54) is 18.4 Å². The third kappa shape index (κ3) is 3.28. The molecule has 2 saturated heterocycles. The molecule has 2 atom stereocenters. The minimum Gasteiger partial charge on any atom is -0.390 e. The molecule has 1 aromatic rings. The predicted molar refractivity (Wildman–Crippen MR) is 82.4 cm³/mol. The van der Waals surface area contributed by atoms with Gasteiger partial charge in [0.15, 0.2) is 0 Å². The van der Waals surface area contributed by atoms with E-state index in [0.717, 1.165) is 32.2 Å². The van der Waals surface area contributed by atoms with Gasteiger partial charge >= 0.3 is 0 Å². The van der Waals surface area contributed by atoms with Gasteiger partial charge in [0.25, 0.3) is 0 Å². The van der Waals surface area contributed by atoms with Crippen molar-refractivity contribution in [2.45, 2.75) is 69.2 Å². The fraction of sp³-hybridized carbons (Fsp3) is 0.611.